The molecule has 0 saturated heterocycles. The molecule has 2 aromatic rings. The molecule has 64 valence electrons. The molecule has 2 nitrogen and oxygen atoms in total. The van der Waals surface area contributed by atoms with Gasteiger partial charge in [0.2, 0.25) is 0 Å². The lowest BCUT2D eigenvalue weighted by Gasteiger charge is -1.89. The van der Waals surface area contributed by atoms with Crippen molar-refractivity contribution in [3.05, 3.63) is 24.0 Å². The van der Waals surface area contributed by atoms with Crippen LogP contribution in [0.15, 0.2) is 18.5 Å². The van der Waals surface area contributed by atoms with E-state index in [1.165, 1.54) is 22.5 Å². The highest BCUT2D eigenvalue weighted by atomic mass is 32.1. The fourth-order valence-electron chi connectivity index (χ4n) is 0.904. The predicted molar refractivity (Wildman–Crippen MR) is 53.5 cm³/mol. The van der Waals surface area contributed by atoms with E-state index in [9.17, 15) is 0 Å². The lowest BCUT2D eigenvalue weighted by Crippen LogP contribution is -1.74. The topological polar surface area (TPSA) is 25.8 Å². The Hall–Kier alpha value is -0.960. The van der Waals surface area contributed by atoms with Crippen molar-refractivity contribution in [2.45, 2.75) is 20.8 Å². The first-order chi connectivity index (χ1) is 5.88. The molecule has 2 heterocycles. The van der Waals surface area contributed by atoms with Gasteiger partial charge in [0.15, 0.2) is 0 Å². The lowest BCUT2D eigenvalue weighted by atomic mass is 10.2. The molecule has 2 aromatic heterocycles. The van der Waals surface area contributed by atoms with Gasteiger partial charge in [-0.3, -0.25) is 0 Å². The molecule has 0 bridgehead atoms. The first-order valence-electron chi connectivity index (χ1n) is 4.04. The van der Waals surface area contributed by atoms with Crippen molar-refractivity contribution in [3.8, 4) is 0 Å². The molecule has 0 aliphatic heterocycles. The number of aryl methyl sites for hydroxylation is 1. The van der Waals surface area contributed by atoms with Crippen molar-refractivity contribution in [2.24, 2.45) is 0 Å². The summed E-state index contributed by atoms with van der Waals surface area (Å²) in [6.45, 7) is 6.07. The van der Waals surface area contributed by atoms with Gasteiger partial charge in [-0.25, -0.2) is 4.98 Å². The molecule has 0 aromatic carbocycles. The van der Waals surface area contributed by atoms with Gasteiger partial charge >= 0.3 is 0 Å². The molecule has 12 heavy (non-hydrogen) atoms. The van der Waals surface area contributed by atoms with E-state index in [4.69, 9.17) is 0 Å². The van der Waals surface area contributed by atoms with E-state index in [1.807, 2.05) is 32.3 Å². The van der Waals surface area contributed by atoms with Gasteiger partial charge in [-0.05, 0) is 30.1 Å². The minimum atomic E-state index is 1.03. The fraction of sp³-hybridized carbons (Fsp3) is 0.333. The molecule has 0 aliphatic carbocycles. The van der Waals surface area contributed by atoms with Gasteiger partial charge < -0.3 is 0 Å². The third-order valence-electron chi connectivity index (χ3n) is 1.49. The van der Waals surface area contributed by atoms with Crippen LogP contribution in [0.2, 0.25) is 0 Å². The zero-order chi connectivity index (χ0) is 8.97. The molecular weight excluding hydrogens is 168 g/mol. The van der Waals surface area contributed by atoms with Crippen molar-refractivity contribution in [1.82, 2.24) is 9.36 Å². The van der Waals surface area contributed by atoms with Crippen LogP contribution in [-0.4, -0.2) is 9.36 Å². The summed E-state index contributed by atoms with van der Waals surface area (Å²) in [5.41, 5.74) is 1.25. The monoisotopic (exact) mass is 180 g/mol. The third-order valence-corrected chi connectivity index (χ3v) is 2.20. The van der Waals surface area contributed by atoms with E-state index < -0.39 is 0 Å². The van der Waals surface area contributed by atoms with Gasteiger partial charge in [-0.15, -0.1) is 0 Å². The molecule has 0 saturated carbocycles. The Morgan fingerprint density at radius 2 is 2.08 bits per heavy atom. The Bertz CT molecular complexity index is 354. The summed E-state index contributed by atoms with van der Waals surface area (Å²) >= 11 is 1.44. The zero-order valence-corrected chi connectivity index (χ0v) is 8.35. The number of hydrogen-bond donors (Lipinski definition) is 0. The molecule has 0 unspecified atom stereocenters. The molecule has 0 fully saturated rings. The summed E-state index contributed by atoms with van der Waals surface area (Å²) < 4.78 is 4.04. The highest BCUT2D eigenvalue weighted by Crippen LogP contribution is 2.17. The highest BCUT2D eigenvalue weighted by molar-refractivity contribution is 7.12. The summed E-state index contributed by atoms with van der Waals surface area (Å²) in [7, 11) is 0. The Morgan fingerprint density at radius 3 is 2.75 bits per heavy atom. The smallest absolute Gasteiger partial charge is 0.143 e. The Morgan fingerprint density at radius 1 is 1.33 bits per heavy atom. The van der Waals surface area contributed by atoms with E-state index in [0.717, 1.165) is 4.83 Å². The molecule has 0 spiro atoms. The van der Waals surface area contributed by atoms with Crippen LogP contribution < -0.4 is 0 Å². The van der Waals surface area contributed by atoms with Gasteiger partial charge in [0.25, 0.3) is 0 Å². The van der Waals surface area contributed by atoms with Gasteiger partial charge in [0.05, 0.1) is 6.20 Å². The minimum absolute atomic E-state index is 1.03. The number of rotatable bonds is 0. The first kappa shape index (κ1) is 9.13. The maximum atomic E-state index is 4.16. The van der Waals surface area contributed by atoms with Crippen LogP contribution in [0.1, 0.15) is 19.4 Å². The van der Waals surface area contributed by atoms with Crippen LogP contribution in [0.4, 0.5) is 0 Å². The normalized spacial score (nSPS) is 9.25. The van der Waals surface area contributed by atoms with Gasteiger partial charge in [-0.1, -0.05) is 13.8 Å². The zero-order valence-electron chi connectivity index (χ0n) is 7.53. The quantitative estimate of drug-likeness (QED) is 0.622. The summed E-state index contributed by atoms with van der Waals surface area (Å²) in [4.78, 5) is 5.19. The highest BCUT2D eigenvalue weighted by Gasteiger charge is 1.97. The SMILES string of the molecule is CC.Cc1ccnc2sncc12. The van der Waals surface area contributed by atoms with Crippen molar-refractivity contribution in [1.29, 1.82) is 0 Å². The summed E-state index contributed by atoms with van der Waals surface area (Å²) in [5.74, 6) is 0. The molecule has 2 rings (SSSR count). The lowest BCUT2D eigenvalue weighted by molar-refractivity contribution is 1.39. The number of nitrogens with zero attached hydrogens (tertiary/aromatic N) is 2. The van der Waals surface area contributed by atoms with Crippen molar-refractivity contribution in [3.63, 3.8) is 0 Å². The summed E-state index contributed by atoms with van der Waals surface area (Å²) in [6.07, 6.45) is 3.68. The van der Waals surface area contributed by atoms with Crippen LogP contribution in [0, 0.1) is 6.92 Å². The van der Waals surface area contributed by atoms with E-state index in [1.54, 1.807) is 0 Å². The van der Waals surface area contributed by atoms with E-state index in [2.05, 4.69) is 16.3 Å². The molecule has 0 radical (unpaired) electrons. The molecular formula is C9H12N2S. The maximum absolute atomic E-state index is 4.16. The average molecular weight is 180 g/mol. The van der Waals surface area contributed by atoms with Gasteiger partial charge in [0.1, 0.15) is 4.83 Å². The van der Waals surface area contributed by atoms with E-state index >= 15 is 0 Å². The van der Waals surface area contributed by atoms with Crippen LogP contribution >= 0.6 is 11.5 Å². The second-order valence-corrected chi connectivity index (χ2v) is 2.95. The number of aromatic nitrogens is 2. The third kappa shape index (κ3) is 1.61. The number of fused-ring (bicyclic) bond motifs is 1. The standard InChI is InChI=1S/C7H6N2S.C2H6/c1-5-2-3-8-7-6(5)4-9-10-7;1-2/h2-4H,1H3;1-2H3. The average Bonchev–Trinajstić information content (AvgIpc) is 2.57. The van der Waals surface area contributed by atoms with Gasteiger partial charge in [-0.2, -0.15) is 4.37 Å². The molecule has 3 heteroatoms. The van der Waals surface area contributed by atoms with Crippen molar-refractivity contribution < 1.29 is 0 Å². The van der Waals surface area contributed by atoms with Gasteiger partial charge in [0, 0.05) is 11.6 Å². The molecule has 0 aliphatic rings. The van der Waals surface area contributed by atoms with Crippen LogP contribution in [-0.2, 0) is 0 Å². The Balaban J connectivity index is 0.000000336. The largest absolute Gasteiger partial charge is 0.244 e. The van der Waals surface area contributed by atoms with Crippen molar-refractivity contribution in [2.75, 3.05) is 0 Å². The number of pyridine rings is 1. The van der Waals surface area contributed by atoms with E-state index in [0.29, 0.717) is 0 Å². The fourth-order valence-corrected chi connectivity index (χ4v) is 1.58. The van der Waals surface area contributed by atoms with E-state index in [-0.39, 0.29) is 0 Å². The molecule has 0 amide bonds. The molecule has 0 N–H and O–H groups in total. The van der Waals surface area contributed by atoms with Crippen molar-refractivity contribution >= 4 is 21.7 Å². The first-order valence-corrected chi connectivity index (χ1v) is 4.81. The van der Waals surface area contributed by atoms with Crippen LogP contribution in [0.25, 0.3) is 10.2 Å². The second-order valence-electron chi connectivity index (χ2n) is 2.17. The Labute approximate surface area is 76.4 Å². The van der Waals surface area contributed by atoms with Crippen LogP contribution in [0.3, 0.4) is 0 Å². The molecule has 0 atom stereocenters. The Kier molecular flexibility index (Phi) is 3.17. The second kappa shape index (κ2) is 4.16. The summed E-state index contributed by atoms with van der Waals surface area (Å²) in [6, 6.07) is 2.00. The van der Waals surface area contributed by atoms with Crippen LogP contribution in [0.5, 0.6) is 0 Å². The predicted octanol–water partition coefficient (Wildman–Crippen LogP) is 3.03. The number of hydrogen-bond acceptors (Lipinski definition) is 3. The minimum Gasteiger partial charge on any atom is -0.244 e. The summed E-state index contributed by atoms with van der Waals surface area (Å²) in [5, 5.41) is 1.17. The maximum Gasteiger partial charge on any atom is 0.143 e.